The first-order chi connectivity index (χ1) is 10.1. The molecule has 0 aromatic heterocycles. The van der Waals surface area contributed by atoms with Crippen molar-refractivity contribution in [3.05, 3.63) is 33.8 Å². The lowest BCUT2D eigenvalue weighted by Gasteiger charge is -2.34. The minimum absolute atomic E-state index is 0.0669. The summed E-state index contributed by atoms with van der Waals surface area (Å²) in [7, 11) is 0. The number of carbonyl (C=O) groups excluding carboxylic acids is 1. The molecule has 0 amide bonds. The van der Waals surface area contributed by atoms with Gasteiger partial charge in [-0.25, -0.2) is 0 Å². The van der Waals surface area contributed by atoms with Crippen LogP contribution in [0.3, 0.4) is 0 Å². The second-order valence-corrected chi connectivity index (χ2v) is 5.66. The largest absolute Gasteiger partial charge is 0.466 e. The van der Waals surface area contributed by atoms with E-state index in [9.17, 15) is 4.79 Å². The zero-order chi connectivity index (χ0) is 15.2. The molecule has 0 radical (unpaired) electrons. The highest BCUT2D eigenvalue weighted by molar-refractivity contribution is 6.42. The number of ether oxygens (including phenoxy) is 2. The quantitative estimate of drug-likeness (QED) is 0.776. The van der Waals surface area contributed by atoms with E-state index < -0.39 is 0 Å². The Labute approximate surface area is 134 Å². The van der Waals surface area contributed by atoms with Crippen LogP contribution < -0.4 is 0 Å². The zero-order valence-corrected chi connectivity index (χ0v) is 13.5. The van der Waals surface area contributed by atoms with Gasteiger partial charge in [-0.2, -0.15) is 0 Å². The molecule has 1 aromatic rings. The third kappa shape index (κ3) is 4.58. The molecular weight excluding hydrogens is 313 g/mol. The van der Waals surface area contributed by atoms with Gasteiger partial charge in [0, 0.05) is 19.1 Å². The lowest BCUT2D eigenvalue weighted by Crippen LogP contribution is -2.40. The van der Waals surface area contributed by atoms with Crippen LogP contribution in [0.25, 0.3) is 0 Å². The Balaban J connectivity index is 2.20. The molecule has 1 atom stereocenters. The summed E-state index contributed by atoms with van der Waals surface area (Å²) in [5, 5.41) is 1.01. The number of benzene rings is 1. The summed E-state index contributed by atoms with van der Waals surface area (Å²) in [6, 6.07) is 5.43. The number of halogens is 2. The van der Waals surface area contributed by atoms with Gasteiger partial charge in [0.2, 0.25) is 0 Å². The molecule has 0 spiro atoms. The summed E-state index contributed by atoms with van der Waals surface area (Å²) in [6.45, 7) is 5.09. The fraction of sp³-hybridized carbons (Fsp3) is 0.533. The predicted molar refractivity (Wildman–Crippen MR) is 82.8 cm³/mol. The number of carbonyl (C=O) groups is 1. The first kappa shape index (κ1) is 16.6. The summed E-state index contributed by atoms with van der Waals surface area (Å²) >= 11 is 12.1. The molecule has 0 N–H and O–H groups in total. The molecule has 1 fully saturated rings. The van der Waals surface area contributed by atoms with E-state index in [1.807, 2.05) is 12.1 Å². The van der Waals surface area contributed by atoms with Crippen molar-refractivity contribution in [2.45, 2.75) is 19.4 Å². The number of esters is 1. The second-order valence-electron chi connectivity index (χ2n) is 4.85. The highest BCUT2D eigenvalue weighted by Crippen LogP contribution is 2.31. The van der Waals surface area contributed by atoms with E-state index in [1.54, 1.807) is 13.0 Å². The molecule has 0 saturated carbocycles. The molecule has 4 nitrogen and oxygen atoms in total. The molecule has 2 rings (SSSR count). The fourth-order valence-electron chi connectivity index (χ4n) is 2.44. The Morgan fingerprint density at radius 1 is 1.33 bits per heavy atom. The number of morpholine rings is 1. The number of hydrogen-bond donors (Lipinski definition) is 0. The molecule has 6 heteroatoms. The van der Waals surface area contributed by atoms with E-state index in [0.29, 0.717) is 36.3 Å². The maximum absolute atomic E-state index is 11.9. The molecule has 21 heavy (non-hydrogen) atoms. The van der Waals surface area contributed by atoms with Gasteiger partial charge in [-0.3, -0.25) is 9.69 Å². The minimum atomic E-state index is -0.208. The molecule has 1 heterocycles. The van der Waals surface area contributed by atoms with Crippen molar-refractivity contribution in [1.29, 1.82) is 0 Å². The SMILES string of the molecule is CCOC(=O)CC(c1ccc(Cl)c(Cl)c1)N1CCOCC1. The molecule has 1 aliphatic rings. The smallest absolute Gasteiger partial charge is 0.307 e. The molecule has 116 valence electrons. The molecule has 0 bridgehead atoms. The van der Waals surface area contributed by atoms with Crippen molar-refractivity contribution in [2.75, 3.05) is 32.9 Å². The highest BCUT2D eigenvalue weighted by atomic mass is 35.5. The van der Waals surface area contributed by atoms with E-state index in [2.05, 4.69) is 4.90 Å². The van der Waals surface area contributed by atoms with Crippen LogP contribution in [0, 0.1) is 0 Å². The third-order valence-electron chi connectivity index (χ3n) is 3.48. The Kier molecular flexibility index (Phi) is 6.30. The van der Waals surface area contributed by atoms with Gasteiger partial charge in [-0.1, -0.05) is 29.3 Å². The van der Waals surface area contributed by atoms with Gasteiger partial charge < -0.3 is 9.47 Å². The van der Waals surface area contributed by atoms with Gasteiger partial charge in [-0.15, -0.1) is 0 Å². The van der Waals surface area contributed by atoms with E-state index in [0.717, 1.165) is 18.7 Å². The normalized spacial score (nSPS) is 17.5. The Bertz CT molecular complexity index is 490. The van der Waals surface area contributed by atoms with Crippen LogP contribution in [0.4, 0.5) is 0 Å². The highest BCUT2D eigenvalue weighted by Gasteiger charge is 2.26. The fourth-order valence-corrected chi connectivity index (χ4v) is 2.75. The van der Waals surface area contributed by atoms with E-state index in [4.69, 9.17) is 32.7 Å². The van der Waals surface area contributed by atoms with E-state index in [1.165, 1.54) is 0 Å². The van der Waals surface area contributed by atoms with Crippen LogP contribution in [-0.2, 0) is 14.3 Å². The van der Waals surface area contributed by atoms with Gasteiger partial charge in [0.15, 0.2) is 0 Å². The van der Waals surface area contributed by atoms with Gasteiger partial charge >= 0.3 is 5.97 Å². The number of rotatable bonds is 5. The first-order valence-electron chi connectivity index (χ1n) is 7.04. The Morgan fingerprint density at radius 2 is 2.05 bits per heavy atom. The molecule has 1 unspecified atom stereocenters. The van der Waals surface area contributed by atoms with Gasteiger partial charge in [0.05, 0.1) is 36.3 Å². The predicted octanol–water partition coefficient (Wildman–Crippen LogP) is 3.32. The summed E-state index contributed by atoms with van der Waals surface area (Å²) < 4.78 is 10.5. The lowest BCUT2D eigenvalue weighted by atomic mass is 10.0. The van der Waals surface area contributed by atoms with Crippen LogP contribution in [0.15, 0.2) is 18.2 Å². The van der Waals surface area contributed by atoms with Gasteiger partial charge in [0.1, 0.15) is 0 Å². The van der Waals surface area contributed by atoms with Crippen LogP contribution in [-0.4, -0.2) is 43.8 Å². The average molecular weight is 332 g/mol. The Hall–Kier alpha value is -0.810. The summed E-state index contributed by atoms with van der Waals surface area (Å²) in [5.41, 5.74) is 0.972. The summed E-state index contributed by atoms with van der Waals surface area (Å²) in [6.07, 6.45) is 0.297. The van der Waals surface area contributed by atoms with Crippen molar-refractivity contribution in [3.8, 4) is 0 Å². The lowest BCUT2D eigenvalue weighted by molar-refractivity contribution is -0.145. The van der Waals surface area contributed by atoms with E-state index in [-0.39, 0.29) is 12.0 Å². The number of nitrogens with zero attached hydrogens (tertiary/aromatic N) is 1. The van der Waals surface area contributed by atoms with Gasteiger partial charge in [-0.05, 0) is 24.6 Å². The molecule has 1 aliphatic heterocycles. The van der Waals surface area contributed by atoms with Crippen LogP contribution in [0.2, 0.25) is 10.0 Å². The Morgan fingerprint density at radius 3 is 2.67 bits per heavy atom. The molecule has 1 saturated heterocycles. The average Bonchev–Trinajstić information content (AvgIpc) is 2.49. The van der Waals surface area contributed by atoms with Crippen molar-refractivity contribution in [3.63, 3.8) is 0 Å². The third-order valence-corrected chi connectivity index (χ3v) is 4.22. The minimum Gasteiger partial charge on any atom is -0.466 e. The summed E-state index contributed by atoms with van der Waals surface area (Å²) in [4.78, 5) is 14.1. The van der Waals surface area contributed by atoms with Crippen LogP contribution in [0.5, 0.6) is 0 Å². The topological polar surface area (TPSA) is 38.8 Å². The maximum atomic E-state index is 11.9. The van der Waals surface area contributed by atoms with Crippen molar-refractivity contribution in [2.24, 2.45) is 0 Å². The number of hydrogen-bond acceptors (Lipinski definition) is 4. The first-order valence-corrected chi connectivity index (χ1v) is 7.79. The standard InChI is InChI=1S/C15H19Cl2NO3/c1-2-21-15(19)10-14(18-5-7-20-8-6-18)11-3-4-12(16)13(17)9-11/h3-4,9,14H,2,5-8,10H2,1H3. The van der Waals surface area contributed by atoms with E-state index >= 15 is 0 Å². The van der Waals surface area contributed by atoms with Crippen LogP contribution in [0.1, 0.15) is 24.9 Å². The van der Waals surface area contributed by atoms with Crippen molar-refractivity contribution >= 4 is 29.2 Å². The van der Waals surface area contributed by atoms with Crippen molar-refractivity contribution in [1.82, 2.24) is 4.90 Å². The van der Waals surface area contributed by atoms with Crippen molar-refractivity contribution < 1.29 is 14.3 Å². The summed E-state index contributed by atoms with van der Waals surface area (Å²) in [5.74, 6) is -0.208. The second kappa shape index (κ2) is 7.99. The maximum Gasteiger partial charge on any atom is 0.307 e. The van der Waals surface area contributed by atoms with Crippen LogP contribution >= 0.6 is 23.2 Å². The molecule has 1 aromatic carbocycles. The molecular formula is C15H19Cl2NO3. The molecule has 0 aliphatic carbocycles. The van der Waals surface area contributed by atoms with Gasteiger partial charge in [0.25, 0.3) is 0 Å². The zero-order valence-electron chi connectivity index (χ0n) is 12.0. The monoisotopic (exact) mass is 331 g/mol.